The number of nitriles is 1. The molecule has 0 bridgehead atoms. The second-order valence-electron chi connectivity index (χ2n) is 13.6. The van der Waals surface area contributed by atoms with Gasteiger partial charge in [-0.1, -0.05) is 164 Å². The van der Waals surface area contributed by atoms with E-state index in [2.05, 4.69) is 137 Å². The van der Waals surface area contributed by atoms with E-state index in [1.807, 2.05) is 91.0 Å². The quantitative estimate of drug-likeness (QED) is 0.110. The number of hydrogen-bond acceptors (Lipinski definition) is 3. The Morgan fingerprint density at radius 3 is 1.39 bits per heavy atom. The fourth-order valence-electron chi connectivity index (χ4n) is 7.29. The molecule has 0 aliphatic carbocycles. The molecule has 0 fully saturated rings. The van der Waals surface area contributed by atoms with Crippen molar-refractivity contribution >= 4 is 23.1 Å². The fraction of sp³-hybridized carbons (Fsp3) is 0.0385. The molecule has 56 heavy (non-hydrogen) atoms. The lowest BCUT2D eigenvalue weighted by molar-refractivity contribution is 0.0348. The molecule has 1 heterocycles. The van der Waals surface area contributed by atoms with Gasteiger partial charge >= 0.3 is 0 Å². The molecule has 1 aliphatic heterocycles. The highest BCUT2D eigenvalue weighted by Gasteiger charge is 2.40. The van der Waals surface area contributed by atoms with Gasteiger partial charge in [-0.15, -0.1) is 0 Å². The molecule has 7 aromatic rings. The molecule has 0 saturated heterocycles. The molecule has 8 rings (SSSR count). The molecule has 4 heteroatoms. The first-order valence-electron chi connectivity index (χ1n) is 18.6. The molecule has 7 aromatic carbocycles. The van der Waals surface area contributed by atoms with Crippen molar-refractivity contribution in [3.05, 3.63) is 251 Å². The average molecular weight is 720 g/mol. The number of hydrogen-bond donors (Lipinski definition) is 0. The molecule has 4 nitrogen and oxygen atoms in total. The van der Waals surface area contributed by atoms with E-state index < -0.39 is 5.60 Å². The average Bonchev–Trinajstić information content (AvgIpc) is 3.28. The van der Waals surface area contributed by atoms with Crippen LogP contribution in [0.4, 0.5) is 17.1 Å². The van der Waals surface area contributed by atoms with Gasteiger partial charge in [-0.25, -0.2) is 10.1 Å². The second-order valence-corrected chi connectivity index (χ2v) is 13.6. The van der Waals surface area contributed by atoms with Gasteiger partial charge in [0.25, 0.3) is 5.70 Å². The van der Waals surface area contributed by atoms with Gasteiger partial charge in [0.15, 0.2) is 5.60 Å². The summed E-state index contributed by atoms with van der Waals surface area (Å²) in [4.78, 5) is 5.86. The highest BCUT2D eigenvalue weighted by Crippen LogP contribution is 2.46. The third-order valence-electron chi connectivity index (χ3n) is 10.1. The summed E-state index contributed by atoms with van der Waals surface area (Å²) in [6.45, 7) is 7.77. The van der Waals surface area contributed by atoms with Crippen LogP contribution in [0.2, 0.25) is 0 Å². The van der Waals surface area contributed by atoms with Crippen LogP contribution in [0.15, 0.2) is 223 Å². The number of benzene rings is 7. The Morgan fingerprint density at radius 1 is 0.554 bits per heavy atom. The van der Waals surface area contributed by atoms with Crippen LogP contribution in [-0.2, 0) is 10.3 Å². The third-order valence-corrected chi connectivity index (χ3v) is 10.1. The van der Waals surface area contributed by atoms with Crippen molar-refractivity contribution in [1.29, 1.82) is 5.26 Å². The molecule has 0 radical (unpaired) electrons. The zero-order valence-corrected chi connectivity index (χ0v) is 30.7. The van der Waals surface area contributed by atoms with Gasteiger partial charge in [0.2, 0.25) is 0 Å². The smallest absolute Gasteiger partial charge is 0.265 e. The maximum atomic E-state index is 9.94. The van der Waals surface area contributed by atoms with Crippen LogP contribution in [0, 0.1) is 17.9 Å². The topological polar surface area (TPSA) is 40.6 Å². The van der Waals surface area contributed by atoms with E-state index in [0.29, 0.717) is 17.8 Å². The predicted octanol–water partition coefficient (Wildman–Crippen LogP) is 13.4. The Morgan fingerprint density at radius 2 is 0.964 bits per heavy atom. The second kappa shape index (κ2) is 16.1. The van der Waals surface area contributed by atoms with Gasteiger partial charge in [-0.05, 0) is 81.9 Å². The zero-order chi connectivity index (χ0) is 38.2. The predicted molar refractivity (Wildman–Crippen MR) is 228 cm³/mol. The monoisotopic (exact) mass is 719 g/mol. The van der Waals surface area contributed by atoms with E-state index in [0.717, 1.165) is 44.9 Å². The van der Waals surface area contributed by atoms with E-state index in [4.69, 9.17) is 11.3 Å². The Bertz CT molecular complexity index is 2460. The van der Waals surface area contributed by atoms with Gasteiger partial charge in [-0.2, -0.15) is 0 Å². The molecule has 0 N–H and O–H groups in total. The summed E-state index contributed by atoms with van der Waals surface area (Å²) in [5.74, 6) is 0.568. The first-order chi connectivity index (χ1) is 27.6. The van der Waals surface area contributed by atoms with Crippen LogP contribution < -0.4 is 4.90 Å². The first-order valence-corrected chi connectivity index (χ1v) is 18.6. The van der Waals surface area contributed by atoms with Crippen LogP contribution in [0.1, 0.15) is 23.1 Å². The van der Waals surface area contributed by atoms with Crippen molar-refractivity contribution in [3.63, 3.8) is 0 Å². The zero-order valence-electron chi connectivity index (χ0n) is 30.7. The number of nitrogens with zero attached hydrogens (tertiary/aromatic N) is 3. The van der Waals surface area contributed by atoms with E-state index >= 15 is 0 Å². The van der Waals surface area contributed by atoms with Gasteiger partial charge in [0, 0.05) is 34.6 Å². The van der Waals surface area contributed by atoms with Gasteiger partial charge in [0.05, 0.1) is 12.6 Å². The highest BCUT2D eigenvalue weighted by atomic mass is 16.5. The van der Waals surface area contributed by atoms with Gasteiger partial charge < -0.3 is 9.64 Å². The fourth-order valence-corrected chi connectivity index (χ4v) is 7.29. The summed E-state index contributed by atoms with van der Waals surface area (Å²) in [7, 11) is 0. The maximum absolute atomic E-state index is 9.94. The van der Waals surface area contributed by atoms with Crippen LogP contribution in [-0.4, -0.2) is 0 Å². The summed E-state index contributed by atoms with van der Waals surface area (Å²) in [5.41, 5.74) is 10.4. The molecule has 0 atom stereocenters. The van der Waals surface area contributed by atoms with Crippen molar-refractivity contribution in [2.24, 2.45) is 0 Å². The number of anilines is 3. The maximum Gasteiger partial charge on any atom is 0.265 e. The molecule has 0 saturated carbocycles. The Kier molecular flexibility index (Phi) is 10.2. The Hall–Kier alpha value is -7.66. The van der Waals surface area contributed by atoms with E-state index in [9.17, 15) is 5.26 Å². The lowest BCUT2D eigenvalue weighted by Crippen LogP contribution is -2.34. The minimum atomic E-state index is -0.921. The van der Waals surface area contributed by atoms with Crippen molar-refractivity contribution < 1.29 is 4.74 Å². The van der Waals surface area contributed by atoms with Gasteiger partial charge in [-0.3, -0.25) is 0 Å². The van der Waals surface area contributed by atoms with Crippen molar-refractivity contribution in [2.75, 3.05) is 4.90 Å². The first kappa shape index (κ1) is 35.4. The highest BCUT2D eigenvalue weighted by molar-refractivity contribution is 5.80. The van der Waals surface area contributed by atoms with Crippen LogP contribution in [0.3, 0.4) is 0 Å². The Labute approximate surface area is 328 Å². The number of ether oxygens (including phenoxy) is 1. The standard InChI is InChI=1S/C52H37N3O/c1-54-51(38-53)44-36-50(56-52(37-44,45-18-10-4-11-19-45)46-20-12-5-13-21-46)35-24-39-22-29-47(30-23-39)55(48-31-25-42(26-32-48)40-14-6-2-7-15-40)49-33-27-43(28-34-49)41-16-8-3-9-17-41/h2-36H,37H2/b35-24+,51-44+. The SMILES string of the molecule is [C-]#[N+]/C(C#N)=C1C=C(/C=C/c2ccc(N(c3ccc(-c4ccccc4)cc3)c3ccc(-c4ccccc4)cc3)cc2)OC(c2ccccc2)(c2ccccc2)C\1. The van der Waals surface area contributed by atoms with E-state index in [-0.39, 0.29) is 5.70 Å². The molecular weight excluding hydrogens is 683 g/mol. The molecule has 0 spiro atoms. The minimum Gasteiger partial charge on any atom is -0.478 e. The normalized spacial score (nSPS) is 14.1. The van der Waals surface area contributed by atoms with Crippen LogP contribution >= 0.6 is 0 Å². The summed E-state index contributed by atoms with van der Waals surface area (Å²) in [6.07, 6.45) is 6.12. The minimum absolute atomic E-state index is 0.0634. The van der Waals surface area contributed by atoms with E-state index in [1.54, 1.807) is 0 Å². The van der Waals surface area contributed by atoms with Crippen LogP contribution in [0.25, 0.3) is 33.2 Å². The van der Waals surface area contributed by atoms with Crippen molar-refractivity contribution in [2.45, 2.75) is 12.0 Å². The molecule has 1 aliphatic rings. The summed E-state index contributed by atoms with van der Waals surface area (Å²) in [5, 5.41) is 9.94. The molecule has 266 valence electrons. The lowest BCUT2D eigenvalue weighted by atomic mass is 9.79. The summed E-state index contributed by atoms with van der Waals surface area (Å²) < 4.78 is 6.92. The largest absolute Gasteiger partial charge is 0.478 e. The van der Waals surface area contributed by atoms with Crippen LogP contribution in [0.5, 0.6) is 0 Å². The third kappa shape index (κ3) is 7.42. The molecule has 0 aromatic heterocycles. The van der Waals surface area contributed by atoms with Crippen molar-refractivity contribution in [3.8, 4) is 28.3 Å². The lowest BCUT2D eigenvalue weighted by Gasteiger charge is -2.39. The van der Waals surface area contributed by atoms with Gasteiger partial charge in [0.1, 0.15) is 5.76 Å². The number of allylic oxidation sites excluding steroid dienone is 3. The Balaban J connectivity index is 1.13. The van der Waals surface area contributed by atoms with E-state index in [1.165, 1.54) is 11.1 Å². The van der Waals surface area contributed by atoms with Crippen molar-refractivity contribution in [1.82, 2.24) is 0 Å². The number of rotatable bonds is 9. The molecular formula is C52H37N3O. The summed E-state index contributed by atoms with van der Waals surface area (Å²) in [6, 6.07) is 68.8. The molecule has 0 amide bonds. The molecule has 0 unspecified atom stereocenters. The summed E-state index contributed by atoms with van der Waals surface area (Å²) >= 11 is 0.